The molecule has 1 aromatic rings. The first-order valence-corrected chi connectivity index (χ1v) is 5.02. The van der Waals surface area contributed by atoms with Crippen LogP contribution in [-0.2, 0) is 0 Å². The third-order valence-electron chi connectivity index (χ3n) is 1.90. The first-order valence-electron chi connectivity index (χ1n) is 3.97. The summed E-state index contributed by atoms with van der Waals surface area (Å²) in [6.07, 6.45) is 0. The lowest BCUT2D eigenvalue weighted by molar-refractivity contribution is 0.595. The monoisotopic (exact) mass is 183 g/mol. The molecule has 0 radical (unpaired) electrons. The van der Waals surface area contributed by atoms with Crippen molar-refractivity contribution in [1.29, 1.82) is 0 Å². The van der Waals surface area contributed by atoms with Gasteiger partial charge >= 0.3 is 0 Å². The number of thioether (sulfide) groups is 1. The van der Waals surface area contributed by atoms with Crippen LogP contribution in [0.5, 0.6) is 0 Å². The van der Waals surface area contributed by atoms with Gasteiger partial charge in [-0.25, -0.2) is 4.39 Å². The highest BCUT2D eigenvalue weighted by Crippen LogP contribution is 2.30. The maximum absolute atomic E-state index is 13.2. The standard InChI is InChI=1S/C9H10FNS/c10-8-4-2-1-3-7(8)9-11-5-6-12-9/h1-4,9,11H,5-6H2. The molecule has 1 aliphatic heterocycles. The Bertz CT molecular complexity index is 271. The molecule has 1 fully saturated rings. The van der Waals surface area contributed by atoms with Gasteiger partial charge in [0.25, 0.3) is 0 Å². The summed E-state index contributed by atoms with van der Waals surface area (Å²) in [6, 6.07) is 6.94. The second-order valence-electron chi connectivity index (χ2n) is 2.73. The van der Waals surface area contributed by atoms with E-state index >= 15 is 0 Å². The highest BCUT2D eigenvalue weighted by molar-refractivity contribution is 7.99. The summed E-state index contributed by atoms with van der Waals surface area (Å²) in [5.74, 6) is 0.961. The summed E-state index contributed by atoms with van der Waals surface area (Å²) >= 11 is 1.76. The summed E-state index contributed by atoms with van der Waals surface area (Å²) in [6.45, 7) is 0.976. The molecule has 3 heteroatoms. The molecule has 1 heterocycles. The van der Waals surface area contributed by atoms with Gasteiger partial charge < -0.3 is 5.32 Å². The molecular formula is C9H10FNS. The molecule has 1 saturated heterocycles. The third kappa shape index (κ3) is 1.47. The van der Waals surface area contributed by atoms with Gasteiger partial charge in [-0.2, -0.15) is 0 Å². The normalized spacial score (nSPS) is 22.9. The summed E-state index contributed by atoms with van der Waals surface area (Å²) in [5.41, 5.74) is 0.778. The molecule has 12 heavy (non-hydrogen) atoms. The van der Waals surface area contributed by atoms with Crippen molar-refractivity contribution in [2.24, 2.45) is 0 Å². The molecule has 1 unspecified atom stereocenters. The maximum Gasteiger partial charge on any atom is 0.128 e. The zero-order valence-corrected chi connectivity index (χ0v) is 7.40. The molecular weight excluding hydrogens is 173 g/mol. The van der Waals surface area contributed by atoms with Crippen LogP contribution in [0.1, 0.15) is 10.9 Å². The molecule has 1 N–H and O–H groups in total. The van der Waals surface area contributed by atoms with Crippen molar-refractivity contribution in [2.45, 2.75) is 5.37 Å². The number of benzene rings is 1. The van der Waals surface area contributed by atoms with Crippen molar-refractivity contribution < 1.29 is 4.39 Å². The van der Waals surface area contributed by atoms with Crippen LogP contribution >= 0.6 is 11.8 Å². The van der Waals surface area contributed by atoms with Gasteiger partial charge in [-0.3, -0.25) is 0 Å². The SMILES string of the molecule is Fc1ccccc1C1NCCS1. The van der Waals surface area contributed by atoms with Gasteiger partial charge in [-0.05, 0) is 6.07 Å². The van der Waals surface area contributed by atoms with Gasteiger partial charge in [0.05, 0.1) is 5.37 Å². The minimum Gasteiger partial charge on any atom is -0.301 e. The molecule has 0 saturated carbocycles. The highest BCUT2D eigenvalue weighted by Gasteiger charge is 2.18. The van der Waals surface area contributed by atoms with E-state index in [2.05, 4.69) is 5.32 Å². The molecule has 64 valence electrons. The summed E-state index contributed by atoms with van der Waals surface area (Å²) in [5, 5.41) is 3.40. The number of hydrogen-bond acceptors (Lipinski definition) is 2. The van der Waals surface area contributed by atoms with E-state index < -0.39 is 0 Å². The van der Waals surface area contributed by atoms with Crippen molar-refractivity contribution >= 4 is 11.8 Å². The minimum absolute atomic E-state index is 0.107. The van der Waals surface area contributed by atoms with Crippen LogP contribution in [0.2, 0.25) is 0 Å². The first kappa shape index (κ1) is 8.08. The topological polar surface area (TPSA) is 12.0 Å². The fraction of sp³-hybridized carbons (Fsp3) is 0.333. The molecule has 1 aromatic carbocycles. The molecule has 2 rings (SSSR count). The Balaban J connectivity index is 2.26. The fourth-order valence-electron chi connectivity index (χ4n) is 1.31. The third-order valence-corrected chi connectivity index (χ3v) is 3.10. The van der Waals surface area contributed by atoms with Crippen molar-refractivity contribution in [3.63, 3.8) is 0 Å². The van der Waals surface area contributed by atoms with Crippen LogP contribution < -0.4 is 5.32 Å². The number of nitrogens with one attached hydrogen (secondary N) is 1. The molecule has 0 spiro atoms. The van der Waals surface area contributed by atoms with E-state index in [1.165, 1.54) is 6.07 Å². The molecule has 1 atom stereocenters. The van der Waals surface area contributed by atoms with Crippen LogP contribution in [0.3, 0.4) is 0 Å². The van der Waals surface area contributed by atoms with Gasteiger partial charge in [0.1, 0.15) is 5.82 Å². The maximum atomic E-state index is 13.2. The molecule has 0 amide bonds. The van der Waals surface area contributed by atoms with E-state index in [0.717, 1.165) is 17.9 Å². The zero-order chi connectivity index (χ0) is 8.39. The van der Waals surface area contributed by atoms with Gasteiger partial charge in [-0.1, -0.05) is 18.2 Å². The van der Waals surface area contributed by atoms with Crippen molar-refractivity contribution in [3.8, 4) is 0 Å². The molecule has 0 bridgehead atoms. The van der Waals surface area contributed by atoms with Gasteiger partial charge in [-0.15, -0.1) is 11.8 Å². The van der Waals surface area contributed by atoms with Gasteiger partial charge in [0.2, 0.25) is 0 Å². The van der Waals surface area contributed by atoms with Crippen LogP contribution in [0.25, 0.3) is 0 Å². The molecule has 0 aromatic heterocycles. The second kappa shape index (κ2) is 3.46. The summed E-state index contributed by atoms with van der Waals surface area (Å²) < 4.78 is 13.2. The molecule has 0 aliphatic carbocycles. The Labute approximate surface area is 75.4 Å². The Morgan fingerprint density at radius 2 is 2.25 bits per heavy atom. The van der Waals surface area contributed by atoms with Crippen LogP contribution in [0, 0.1) is 5.82 Å². The number of hydrogen-bond donors (Lipinski definition) is 1. The van der Waals surface area contributed by atoms with Crippen LogP contribution in [0.4, 0.5) is 4.39 Å². The van der Waals surface area contributed by atoms with Crippen LogP contribution in [0.15, 0.2) is 24.3 Å². The van der Waals surface area contributed by atoms with E-state index in [4.69, 9.17) is 0 Å². The Hall–Kier alpha value is -0.540. The minimum atomic E-state index is -0.107. The predicted molar refractivity (Wildman–Crippen MR) is 49.6 cm³/mol. The Morgan fingerprint density at radius 3 is 2.92 bits per heavy atom. The van der Waals surface area contributed by atoms with E-state index in [0.29, 0.717) is 0 Å². The van der Waals surface area contributed by atoms with E-state index in [1.54, 1.807) is 17.8 Å². The largest absolute Gasteiger partial charge is 0.301 e. The van der Waals surface area contributed by atoms with Crippen LogP contribution in [-0.4, -0.2) is 12.3 Å². The summed E-state index contributed by atoms with van der Waals surface area (Å²) in [7, 11) is 0. The predicted octanol–water partition coefficient (Wildman–Crippen LogP) is 2.16. The van der Waals surface area contributed by atoms with Crippen molar-refractivity contribution in [3.05, 3.63) is 35.6 Å². The number of rotatable bonds is 1. The first-order chi connectivity index (χ1) is 5.88. The fourth-order valence-corrected chi connectivity index (χ4v) is 2.39. The lowest BCUT2D eigenvalue weighted by atomic mass is 10.2. The van der Waals surface area contributed by atoms with Gasteiger partial charge in [0, 0.05) is 17.9 Å². The average molecular weight is 183 g/mol. The smallest absolute Gasteiger partial charge is 0.128 e. The second-order valence-corrected chi connectivity index (χ2v) is 3.94. The average Bonchev–Trinajstić information content (AvgIpc) is 2.57. The zero-order valence-electron chi connectivity index (χ0n) is 6.59. The lowest BCUT2D eigenvalue weighted by Crippen LogP contribution is -2.13. The van der Waals surface area contributed by atoms with Crippen molar-refractivity contribution in [1.82, 2.24) is 5.32 Å². The quantitative estimate of drug-likeness (QED) is 0.716. The van der Waals surface area contributed by atoms with E-state index in [1.807, 2.05) is 12.1 Å². The summed E-state index contributed by atoms with van der Waals surface area (Å²) in [4.78, 5) is 0. The Morgan fingerprint density at radius 1 is 1.42 bits per heavy atom. The lowest BCUT2D eigenvalue weighted by Gasteiger charge is -2.09. The van der Waals surface area contributed by atoms with E-state index in [-0.39, 0.29) is 11.2 Å². The highest BCUT2D eigenvalue weighted by atomic mass is 32.2. The number of halogens is 1. The molecule has 1 nitrogen and oxygen atoms in total. The van der Waals surface area contributed by atoms with Gasteiger partial charge in [0.15, 0.2) is 0 Å². The molecule has 1 aliphatic rings. The van der Waals surface area contributed by atoms with E-state index in [9.17, 15) is 4.39 Å². The van der Waals surface area contributed by atoms with Crippen molar-refractivity contribution in [2.75, 3.05) is 12.3 Å². The Kier molecular flexibility index (Phi) is 2.33.